The van der Waals surface area contributed by atoms with Gasteiger partial charge in [0.05, 0.1) is 5.56 Å². The summed E-state index contributed by atoms with van der Waals surface area (Å²) in [7, 11) is 0. The first kappa shape index (κ1) is 16.7. The van der Waals surface area contributed by atoms with E-state index in [-0.39, 0.29) is 0 Å². The lowest BCUT2D eigenvalue weighted by atomic mass is 10.0. The van der Waals surface area contributed by atoms with E-state index >= 15 is 0 Å². The Morgan fingerprint density at radius 1 is 1.30 bits per heavy atom. The molecule has 122 valence electrons. The van der Waals surface area contributed by atoms with E-state index in [1.165, 1.54) is 0 Å². The maximum Gasteiger partial charge on any atom is 0.339 e. The minimum absolute atomic E-state index is 0.300. The van der Waals surface area contributed by atoms with Crippen molar-refractivity contribution >= 4 is 17.7 Å². The fraction of sp³-hybridized carbons (Fsp3) is 0.353. The van der Waals surface area contributed by atoms with Crippen molar-refractivity contribution in [3.05, 3.63) is 46.7 Å². The van der Waals surface area contributed by atoms with Crippen molar-refractivity contribution in [1.82, 2.24) is 5.16 Å². The largest absolute Gasteiger partial charge is 0.449 e. The van der Waals surface area contributed by atoms with E-state index in [2.05, 4.69) is 10.5 Å². The van der Waals surface area contributed by atoms with Gasteiger partial charge >= 0.3 is 5.97 Å². The highest BCUT2D eigenvalue weighted by atomic mass is 16.5. The average Bonchev–Trinajstić information content (AvgIpc) is 2.92. The van der Waals surface area contributed by atoms with Crippen LogP contribution in [0.25, 0.3) is 0 Å². The molecule has 0 bridgehead atoms. The van der Waals surface area contributed by atoms with E-state index in [4.69, 9.17) is 9.26 Å². The first-order chi connectivity index (χ1) is 10.9. The number of carbonyl (C=O) groups is 2. The predicted octanol–water partition coefficient (Wildman–Crippen LogP) is 3.17. The zero-order chi connectivity index (χ0) is 17.0. The molecule has 0 aliphatic rings. The Bertz CT molecular complexity index is 721. The van der Waals surface area contributed by atoms with E-state index in [9.17, 15) is 9.59 Å². The van der Waals surface area contributed by atoms with Crippen LogP contribution in [0.3, 0.4) is 0 Å². The first-order valence-electron chi connectivity index (χ1n) is 7.43. The van der Waals surface area contributed by atoms with Crippen LogP contribution >= 0.6 is 0 Å². The van der Waals surface area contributed by atoms with Gasteiger partial charge in [0.1, 0.15) is 5.76 Å². The van der Waals surface area contributed by atoms with Gasteiger partial charge in [-0.05, 0) is 44.4 Å². The monoisotopic (exact) mass is 316 g/mol. The molecule has 1 aromatic carbocycles. The van der Waals surface area contributed by atoms with Gasteiger partial charge in [0.25, 0.3) is 5.91 Å². The number of amides is 1. The van der Waals surface area contributed by atoms with Crippen LogP contribution in [0.5, 0.6) is 0 Å². The van der Waals surface area contributed by atoms with E-state index in [0.29, 0.717) is 23.6 Å². The summed E-state index contributed by atoms with van der Waals surface area (Å²) in [6.07, 6.45) is -0.529. The zero-order valence-corrected chi connectivity index (χ0v) is 13.7. The van der Waals surface area contributed by atoms with Crippen molar-refractivity contribution in [3.63, 3.8) is 0 Å². The molecular formula is C17H20N2O4. The van der Waals surface area contributed by atoms with Gasteiger partial charge in [-0.3, -0.25) is 4.79 Å². The molecule has 0 saturated carbocycles. The molecule has 1 aromatic heterocycles. The van der Waals surface area contributed by atoms with Crippen LogP contribution in [-0.2, 0) is 9.53 Å². The molecule has 1 atom stereocenters. The average molecular weight is 316 g/mol. The number of esters is 1. The second-order valence-electron chi connectivity index (χ2n) is 5.36. The SMILES string of the molecule is CCC(OC(=O)c1cccc(C)c1C)C(=O)Nc1cc(C)on1. The Hall–Kier alpha value is -2.63. The molecule has 1 N–H and O–H groups in total. The summed E-state index contributed by atoms with van der Waals surface area (Å²) in [5.41, 5.74) is 2.31. The molecule has 1 heterocycles. The molecule has 2 aromatic rings. The third kappa shape index (κ3) is 3.97. The number of anilines is 1. The highest BCUT2D eigenvalue weighted by Gasteiger charge is 2.23. The van der Waals surface area contributed by atoms with Gasteiger partial charge in [-0.2, -0.15) is 0 Å². The molecule has 0 fully saturated rings. The molecule has 0 aliphatic carbocycles. The van der Waals surface area contributed by atoms with Gasteiger partial charge < -0.3 is 14.6 Å². The number of nitrogens with zero attached hydrogens (tertiary/aromatic N) is 1. The van der Waals surface area contributed by atoms with Crippen molar-refractivity contribution in [1.29, 1.82) is 0 Å². The molecule has 0 saturated heterocycles. The predicted molar refractivity (Wildman–Crippen MR) is 85.3 cm³/mol. The van der Waals surface area contributed by atoms with Gasteiger partial charge in [0.2, 0.25) is 0 Å². The second-order valence-corrected chi connectivity index (χ2v) is 5.36. The second kappa shape index (κ2) is 7.09. The summed E-state index contributed by atoms with van der Waals surface area (Å²) in [5.74, 6) is -0.0570. The highest BCUT2D eigenvalue weighted by molar-refractivity contribution is 5.97. The van der Waals surface area contributed by atoms with E-state index in [1.54, 1.807) is 32.0 Å². The van der Waals surface area contributed by atoms with Crippen LogP contribution in [0.4, 0.5) is 5.82 Å². The number of carbonyl (C=O) groups excluding carboxylic acids is 2. The van der Waals surface area contributed by atoms with Crippen molar-refractivity contribution in [3.8, 4) is 0 Å². The summed E-state index contributed by atoms with van der Waals surface area (Å²) < 4.78 is 10.2. The van der Waals surface area contributed by atoms with Crippen LogP contribution in [-0.4, -0.2) is 23.1 Å². The number of hydrogen-bond donors (Lipinski definition) is 1. The van der Waals surface area contributed by atoms with Crippen molar-refractivity contribution in [2.24, 2.45) is 0 Å². The number of benzene rings is 1. The van der Waals surface area contributed by atoms with Crippen LogP contribution in [0.2, 0.25) is 0 Å². The van der Waals surface area contributed by atoms with Crippen LogP contribution in [0.1, 0.15) is 40.6 Å². The summed E-state index contributed by atoms with van der Waals surface area (Å²) in [6, 6.07) is 6.99. The molecule has 0 radical (unpaired) electrons. The molecular weight excluding hydrogens is 296 g/mol. The summed E-state index contributed by atoms with van der Waals surface area (Å²) in [5, 5.41) is 6.26. The highest BCUT2D eigenvalue weighted by Crippen LogP contribution is 2.16. The fourth-order valence-corrected chi connectivity index (χ4v) is 2.12. The molecule has 0 spiro atoms. The maximum atomic E-state index is 12.3. The number of nitrogens with one attached hydrogen (secondary N) is 1. The third-order valence-corrected chi connectivity index (χ3v) is 3.62. The van der Waals surface area contributed by atoms with E-state index in [0.717, 1.165) is 11.1 Å². The Labute approximate surface area is 134 Å². The van der Waals surface area contributed by atoms with Gasteiger partial charge in [0.15, 0.2) is 11.9 Å². The number of ether oxygens (including phenoxy) is 1. The van der Waals surface area contributed by atoms with E-state index in [1.807, 2.05) is 19.9 Å². The van der Waals surface area contributed by atoms with Crippen LogP contribution < -0.4 is 5.32 Å². The number of rotatable bonds is 5. The summed E-state index contributed by atoms with van der Waals surface area (Å²) >= 11 is 0. The minimum Gasteiger partial charge on any atom is -0.449 e. The number of aromatic nitrogens is 1. The molecule has 23 heavy (non-hydrogen) atoms. The lowest BCUT2D eigenvalue weighted by Crippen LogP contribution is -2.32. The topological polar surface area (TPSA) is 81.4 Å². The molecule has 1 unspecified atom stereocenters. The standard InChI is InChI=1S/C17H20N2O4/c1-5-14(16(20)18-15-9-11(3)23-19-15)22-17(21)13-8-6-7-10(2)12(13)4/h6-9,14H,5H2,1-4H3,(H,18,19,20). The Balaban J connectivity index is 2.07. The minimum atomic E-state index is -0.889. The van der Waals surface area contributed by atoms with Crippen molar-refractivity contribution in [2.45, 2.75) is 40.2 Å². The van der Waals surface area contributed by atoms with Gasteiger partial charge in [-0.15, -0.1) is 0 Å². The van der Waals surface area contributed by atoms with Crippen molar-refractivity contribution < 1.29 is 18.8 Å². The molecule has 6 nitrogen and oxygen atoms in total. The summed E-state index contributed by atoms with van der Waals surface area (Å²) in [4.78, 5) is 24.5. The lowest BCUT2D eigenvalue weighted by Gasteiger charge is -2.16. The molecule has 0 aliphatic heterocycles. The quantitative estimate of drug-likeness (QED) is 0.857. The van der Waals surface area contributed by atoms with Gasteiger partial charge in [-0.25, -0.2) is 4.79 Å². The maximum absolute atomic E-state index is 12.3. The number of hydrogen-bond acceptors (Lipinski definition) is 5. The van der Waals surface area contributed by atoms with Crippen molar-refractivity contribution in [2.75, 3.05) is 5.32 Å². The number of aryl methyl sites for hydroxylation is 2. The Morgan fingerprint density at radius 2 is 2.04 bits per heavy atom. The van der Waals surface area contributed by atoms with Crippen LogP contribution in [0, 0.1) is 20.8 Å². The van der Waals surface area contributed by atoms with Crippen LogP contribution in [0.15, 0.2) is 28.8 Å². The Morgan fingerprint density at radius 3 is 2.65 bits per heavy atom. The smallest absolute Gasteiger partial charge is 0.339 e. The molecule has 2 rings (SSSR count). The van der Waals surface area contributed by atoms with Gasteiger partial charge in [-0.1, -0.05) is 24.2 Å². The third-order valence-electron chi connectivity index (χ3n) is 3.62. The van der Waals surface area contributed by atoms with E-state index < -0.39 is 18.0 Å². The fourth-order valence-electron chi connectivity index (χ4n) is 2.12. The lowest BCUT2D eigenvalue weighted by molar-refractivity contribution is -0.124. The first-order valence-corrected chi connectivity index (χ1v) is 7.43. The zero-order valence-electron chi connectivity index (χ0n) is 13.7. The molecule has 6 heteroatoms. The Kier molecular flexibility index (Phi) is 5.16. The van der Waals surface area contributed by atoms with Gasteiger partial charge in [0, 0.05) is 6.07 Å². The normalized spacial score (nSPS) is 11.8. The molecule has 1 amide bonds. The summed E-state index contributed by atoms with van der Waals surface area (Å²) in [6.45, 7) is 7.27.